The maximum absolute atomic E-state index is 12.5. The number of carbonyl (C=O) groups excluding carboxylic acids is 1. The van der Waals surface area contributed by atoms with Crippen LogP contribution in [-0.2, 0) is 12.1 Å². The zero-order chi connectivity index (χ0) is 16.9. The predicted molar refractivity (Wildman–Crippen MR) is 92.9 cm³/mol. The third kappa shape index (κ3) is 2.63. The van der Waals surface area contributed by atoms with Crippen molar-refractivity contribution in [3.8, 4) is 0 Å². The number of aromatic nitrogens is 4. The van der Waals surface area contributed by atoms with E-state index in [2.05, 4.69) is 26.0 Å². The first-order chi connectivity index (χ1) is 12.1. The number of hydrogen-bond donors (Lipinski definition) is 2. The van der Waals surface area contributed by atoms with Gasteiger partial charge in [-0.05, 0) is 67.0 Å². The number of thiophene rings is 1. The van der Waals surface area contributed by atoms with Gasteiger partial charge in [0.05, 0.1) is 12.1 Å². The van der Waals surface area contributed by atoms with Gasteiger partial charge in [0.2, 0.25) is 0 Å². The fourth-order valence-corrected chi connectivity index (χ4v) is 6.49. The maximum atomic E-state index is 12.5. The molecule has 2 atom stereocenters. The molecule has 25 heavy (non-hydrogen) atoms. The van der Waals surface area contributed by atoms with E-state index in [-0.39, 0.29) is 17.1 Å². The van der Waals surface area contributed by atoms with Gasteiger partial charge in [0, 0.05) is 10.4 Å². The monoisotopic (exact) mass is 358 g/mol. The molecule has 0 aliphatic heterocycles. The van der Waals surface area contributed by atoms with Crippen molar-refractivity contribution in [3.05, 3.63) is 28.7 Å². The molecule has 4 aliphatic carbocycles. The number of carbonyl (C=O) groups is 1. The van der Waals surface area contributed by atoms with Crippen molar-refractivity contribution < 1.29 is 4.79 Å². The smallest absolute Gasteiger partial charge is 0.315 e. The van der Waals surface area contributed by atoms with Gasteiger partial charge in [0.15, 0.2) is 6.33 Å². The minimum Gasteiger partial charge on any atom is -0.333 e. The number of urea groups is 1. The molecule has 7 nitrogen and oxygen atoms in total. The van der Waals surface area contributed by atoms with Crippen molar-refractivity contribution >= 4 is 17.4 Å². The lowest BCUT2D eigenvalue weighted by Gasteiger charge is -2.61. The minimum absolute atomic E-state index is 0.0583. The van der Waals surface area contributed by atoms with Crippen LogP contribution in [0.2, 0.25) is 0 Å². The maximum Gasteiger partial charge on any atom is 0.315 e. The summed E-state index contributed by atoms with van der Waals surface area (Å²) in [5.74, 6) is 1.29. The van der Waals surface area contributed by atoms with Crippen molar-refractivity contribution in [3.63, 3.8) is 0 Å². The Labute approximate surface area is 150 Å². The molecule has 2 amide bonds. The Morgan fingerprint density at radius 1 is 1.32 bits per heavy atom. The molecule has 2 aromatic heterocycles. The Hall–Kier alpha value is -1.96. The van der Waals surface area contributed by atoms with E-state index in [0.717, 1.165) is 32.1 Å². The summed E-state index contributed by atoms with van der Waals surface area (Å²) in [6.07, 6.45) is 8.08. The van der Waals surface area contributed by atoms with E-state index >= 15 is 0 Å². The highest BCUT2D eigenvalue weighted by molar-refractivity contribution is 7.09. The Balaban J connectivity index is 1.33. The lowest BCUT2D eigenvalue weighted by molar-refractivity contribution is -0.0801. The second kappa shape index (κ2) is 5.52. The first-order valence-electron chi connectivity index (χ1n) is 8.97. The largest absolute Gasteiger partial charge is 0.333 e. The van der Waals surface area contributed by atoms with Crippen LogP contribution in [0.1, 0.15) is 43.4 Å². The summed E-state index contributed by atoms with van der Waals surface area (Å²) in [6.45, 7) is 0.586. The van der Waals surface area contributed by atoms with Gasteiger partial charge >= 0.3 is 6.03 Å². The predicted octanol–water partition coefficient (Wildman–Crippen LogP) is 2.28. The summed E-state index contributed by atoms with van der Waals surface area (Å²) >= 11 is 1.66. The number of nitrogens with zero attached hydrogens (tertiary/aromatic N) is 4. The van der Waals surface area contributed by atoms with Gasteiger partial charge in [-0.15, -0.1) is 21.5 Å². The Kier molecular flexibility index (Phi) is 3.38. The van der Waals surface area contributed by atoms with Gasteiger partial charge in [-0.25, -0.2) is 4.79 Å². The van der Waals surface area contributed by atoms with E-state index in [4.69, 9.17) is 0 Å². The number of amides is 2. The molecular formula is C17H22N6OS. The Bertz CT molecular complexity index is 744. The van der Waals surface area contributed by atoms with Crippen LogP contribution in [0.5, 0.6) is 0 Å². The van der Waals surface area contributed by atoms with Crippen LogP contribution in [0.4, 0.5) is 4.79 Å². The van der Waals surface area contributed by atoms with Gasteiger partial charge in [-0.3, -0.25) is 0 Å². The highest BCUT2D eigenvalue weighted by Gasteiger charge is 2.60. The molecule has 0 spiro atoms. The average Bonchev–Trinajstić information content (AvgIpc) is 3.25. The molecule has 6 rings (SSSR count). The lowest BCUT2D eigenvalue weighted by Crippen LogP contribution is -2.67. The normalized spacial score (nSPS) is 35.7. The average molecular weight is 358 g/mol. The SMILES string of the molecule is O=C(NCc1cccs1)NC12CC3CC(C1)CC(n1ncnn1)(C3)C2. The summed E-state index contributed by atoms with van der Waals surface area (Å²) < 4.78 is 0. The zero-order valence-corrected chi connectivity index (χ0v) is 14.8. The van der Waals surface area contributed by atoms with E-state index < -0.39 is 0 Å². The second-order valence-electron chi connectivity index (χ2n) is 8.08. The van der Waals surface area contributed by atoms with Gasteiger partial charge < -0.3 is 10.6 Å². The summed E-state index contributed by atoms with van der Waals surface area (Å²) in [7, 11) is 0. The van der Waals surface area contributed by atoms with Crippen molar-refractivity contribution in [1.29, 1.82) is 0 Å². The highest BCUT2D eigenvalue weighted by Crippen LogP contribution is 2.60. The summed E-state index contributed by atoms with van der Waals surface area (Å²) in [5.41, 5.74) is -0.196. The van der Waals surface area contributed by atoms with Gasteiger partial charge in [0.1, 0.15) is 0 Å². The van der Waals surface area contributed by atoms with Gasteiger partial charge in [-0.2, -0.15) is 4.80 Å². The molecule has 4 bridgehead atoms. The molecule has 2 unspecified atom stereocenters. The van der Waals surface area contributed by atoms with E-state index in [0.29, 0.717) is 18.4 Å². The molecule has 4 aliphatic rings. The third-order valence-corrected chi connectivity index (χ3v) is 7.06. The first kappa shape index (κ1) is 15.3. The van der Waals surface area contributed by atoms with Crippen molar-refractivity contribution in [2.24, 2.45) is 11.8 Å². The number of hydrogen-bond acceptors (Lipinski definition) is 5. The van der Waals surface area contributed by atoms with E-state index in [1.165, 1.54) is 17.6 Å². The van der Waals surface area contributed by atoms with E-state index in [9.17, 15) is 4.79 Å². The Morgan fingerprint density at radius 3 is 2.84 bits per heavy atom. The van der Waals surface area contributed by atoms with E-state index in [1.807, 2.05) is 22.3 Å². The Morgan fingerprint density at radius 2 is 2.16 bits per heavy atom. The third-order valence-electron chi connectivity index (χ3n) is 6.19. The fourth-order valence-electron chi connectivity index (χ4n) is 5.84. The summed E-state index contributed by atoms with van der Waals surface area (Å²) in [5, 5.41) is 20.9. The lowest BCUT2D eigenvalue weighted by atomic mass is 9.50. The van der Waals surface area contributed by atoms with Crippen LogP contribution in [-0.4, -0.2) is 31.8 Å². The zero-order valence-electron chi connectivity index (χ0n) is 14.0. The molecule has 0 aromatic carbocycles. The summed E-state index contributed by atoms with van der Waals surface area (Å²) in [6, 6.07) is 3.99. The number of rotatable bonds is 4. The second-order valence-corrected chi connectivity index (χ2v) is 9.11. The highest BCUT2D eigenvalue weighted by atomic mass is 32.1. The summed E-state index contributed by atoms with van der Waals surface area (Å²) in [4.78, 5) is 15.5. The molecule has 0 saturated heterocycles. The van der Waals surface area contributed by atoms with Crippen LogP contribution in [0.25, 0.3) is 0 Å². The topological polar surface area (TPSA) is 84.7 Å². The fraction of sp³-hybridized carbons (Fsp3) is 0.647. The van der Waals surface area contributed by atoms with Gasteiger partial charge in [0.25, 0.3) is 0 Å². The van der Waals surface area contributed by atoms with Crippen LogP contribution in [0.3, 0.4) is 0 Å². The standard InChI is InChI=1S/C17H22N6OS/c24-15(18-9-14-2-1-3-25-14)21-16-5-12-4-13(6-16)8-17(7-12,10-16)23-20-11-19-22-23/h1-3,11-13H,4-10H2,(H2,18,21,24). The van der Waals surface area contributed by atoms with Crippen LogP contribution < -0.4 is 10.6 Å². The quantitative estimate of drug-likeness (QED) is 0.878. The van der Waals surface area contributed by atoms with Crippen molar-refractivity contribution in [2.75, 3.05) is 0 Å². The van der Waals surface area contributed by atoms with Crippen LogP contribution in [0.15, 0.2) is 23.8 Å². The molecule has 8 heteroatoms. The molecule has 4 saturated carbocycles. The number of tetrazole rings is 1. The molecule has 2 N–H and O–H groups in total. The molecule has 132 valence electrons. The molecule has 0 radical (unpaired) electrons. The van der Waals surface area contributed by atoms with Gasteiger partial charge in [-0.1, -0.05) is 6.07 Å². The van der Waals surface area contributed by atoms with Crippen LogP contribution in [0, 0.1) is 11.8 Å². The van der Waals surface area contributed by atoms with Crippen molar-refractivity contribution in [2.45, 2.75) is 56.1 Å². The molecule has 4 fully saturated rings. The molecule has 2 heterocycles. The van der Waals surface area contributed by atoms with Crippen LogP contribution >= 0.6 is 11.3 Å². The molecule has 2 aromatic rings. The molecular weight excluding hydrogens is 336 g/mol. The van der Waals surface area contributed by atoms with Crippen molar-refractivity contribution in [1.82, 2.24) is 30.8 Å². The minimum atomic E-state index is -0.128. The van der Waals surface area contributed by atoms with E-state index in [1.54, 1.807) is 11.3 Å². The first-order valence-corrected chi connectivity index (χ1v) is 9.85. The number of nitrogens with one attached hydrogen (secondary N) is 2.